The standard InChI is InChI=1S/C25H32N4O4S/c1-5-29-22-12-11-20(34(31,32)27(3)4)15-21(22)26-24(29)13-14-25(30)28-16-18(2)33-23(17-28)19-9-7-6-8-10-19/h6-12,15,18,23H,5,13-14,16-17H2,1-4H3. The summed E-state index contributed by atoms with van der Waals surface area (Å²) in [5.41, 5.74) is 2.56. The van der Waals surface area contributed by atoms with Gasteiger partial charge in [0, 0.05) is 40.0 Å². The first-order chi connectivity index (χ1) is 16.2. The van der Waals surface area contributed by atoms with Gasteiger partial charge in [-0.3, -0.25) is 4.79 Å². The normalized spacial score (nSPS) is 19.1. The fourth-order valence-corrected chi connectivity index (χ4v) is 5.38. The minimum Gasteiger partial charge on any atom is -0.367 e. The second kappa shape index (κ2) is 9.85. The van der Waals surface area contributed by atoms with Crippen molar-refractivity contribution in [2.75, 3.05) is 27.2 Å². The number of benzene rings is 2. The third-order valence-corrected chi connectivity index (χ3v) is 8.05. The van der Waals surface area contributed by atoms with Crippen LogP contribution in [0.4, 0.5) is 0 Å². The highest BCUT2D eigenvalue weighted by molar-refractivity contribution is 7.89. The average molecular weight is 485 g/mol. The molecule has 1 fully saturated rings. The van der Waals surface area contributed by atoms with Crippen molar-refractivity contribution in [1.29, 1.82) is 0 Å². The zero-order valence-corrected chi connectivity index (χ0v) is 21.0. The molecule has 3 aromatic rings. The highest BCUT2D eigenvalue weighted by atomic mass is 32.2. The second-order valence-electron chi connectivity index (χ2n) is 8.85. The predicted octanol–water partition coefficient (Wildman–Crippen LogP) is 3.23. The molecule has 4 rings (SSSR count). The fourth-order valence-electron chi connectivity index (χ4n) is 4.46. The third-order valence-electron chi connectivity index (χ3n) is 6.24. The van der Waals surface area contributed by atoms with Gasteiger partial charge in [0.1, 0.15) is 11.9 Å². The molecule has 0 aliphatic carbocycles. The van der Waals surface area contributed by atoms with E-state index in [1.165, 1.54) is 18.4 Å². The first kappa shape index (κ1) is 24.4. The Morgan fingerprint density at radius 1 is 1.15 bits per heavy atom. The van der Waals surface area contributed by atoms with Gasteiger partial charge < -0.3 is 14.2 Å². The maximum absolute atomic E-state index is 13.1. The molecule has 1 amide bonds. The van der Waals surface area contributed by atoms with Crippen molar-refractivity contribution in [3.8, 4) is 0 Å². The van der Waals surface area contributed by atoms with Crippen LogP contribution in [-0.4, -0.2) is 66.4 Å². The fraction of sp³-hybridized carbons (Fsp3) is 0.440. The molecule has 34 heavy (non-hydrogen) atoms. The van der Waals surface area contributed by atoms with Gasteiger partial charge in [-0.2, -0.15) is 0 Å². The minimum absolute atomic E-state index is 0.0415. The van der Waals surface area contributed by atoms with Gasteiger partial charge in [-0.05, 0) is 37.6 Å². The van der Waals surface area contributed by atoms with Crippen molar-refractivity contribution in [2.45, 2.75) is 50.3 Å². The lowest BCUT2D eigenvalue weighted by molar-refractivity contribution is -0.144. The molecule has 1 aliphatic rings. The van der Waals surface area contributed by atoms with Crippen molar-refractivity contribution < 1.29 is 17.9 Å². The van der Waals surface area contributed by atoms with Crippen LogP contribution in [0.15, 0.2) is 53.4 Å². The summed E-state index contributed by atoms with van der Waals surface area (Å²) < 4.78 is 34.3. The van der Waals surface area contributed by atoms with Crippen molar-refractivity contribution in [2.24, 2.45) is 0 Å². The number of rotatable bonds is 7. The Morgan fingerprint density at radius 3 is 2.56 bits per heavy atom. The van der Waals surface area contributed by atoms with Crippen LogP contribution in [0.25, 0.3) is 11.0 Å². The molecule has 182 valence electrons. The van der Waals surface area contributed by atoms with Crippen LogP contribution in [-0.2, 0) is 32.5 Å². The number of fused-ring (bicyclic) bond motifs is 1. The number of hydrogen-bond donors (Lipinski definition) is 0. The third kappa shape index (κ3) is 4.87. The smallest absolute Gasteiger partial charge is 0.242 e. The molecule has 2 unspecified atom stereocenters. The summed E-state index contributed by atoms with van der Waals surface area (Å²) in [5.74, 6) is 0.854. The predicted molar refractivity (Wildman–Crippen MR) is 131 cm³/mol. The Bertz CT molecular complexity index is 1270. The molecule has 0 saturated carbocycles. The SMILES string of the molecule is CCn1c(CCC(=O)N2CC(C)OC(c3ccccc3)C2)nc2cc(S(=O)(=O)N(C)C)ccc21. The number of imidazole rings is 1. The molecule has 2 atom stereocenters. The maximum atomic E-state index is 13.1. The zero-order chi connectivity index (χ0) is 24.5. The second-order valence-corrected chi connectivity index (χ2v) is 11.0. The molecule has 9 heteroatoms. The van der Waals surface area contributed by atoms with Gasteiger partial charge in [0.05, 0.1) is 28.6 Å². The summed E-state index contributed by atoms with van der Waals surface area (Å²) in [4.78, 5) is 19.9. The van der Waals surface area contributed by atoms with Gasteiger partial charge in [-0.25, -0.2) is 17.7 Å². The lowest BCUT2D eigenvalue weighted by Gasteiger charge is -2.37. The van der Waals surface area contributed by atoms with Gasteiger partial charge >= 0.3 is 0 Å². The van der Waals surface area contributed by atoms with Gasteiger partial charge in [-0.15, -0.1) is 0 Å². The van der Waals surface area contributed by atoms with Crippen molar-refractivity contribution in [3.05, 3.63) is 59.9 Å². The number of ether oxygens (including phenoxy) is 1. The molecule has 2 heterocycles. The van der Waals surface area contributed by atoms with Crippen molar-refractivity contribution >= 4 is 27.0 Å². The Morgan fingerprint density at radius 2 is 1.88 bits per heavy atom. The van der Waals surface area contributed by atoms with E-state index in [0.29, 0.717) is 38.0 Å². The number of amides is 1. The zero-order valence-electron chi connectivity index (χ0n) is 20.1. The first-order valence-corrected chi connectivity index (χ1v) is 13.0. The van der Waals surface area contributed by atoms with Crippen LogP contribution in [0.2, 0.25) is 0 Å². The summed E-state index contributed by atoms with van der Waals surface area (Å²) in [7, 11) is -0.521. The summed E-state index contributed by atoms with van der Waals surface area (Å²) in [5, 5.41) is 0. The van der Waals surface area contributed by atoms with E-state index in [1.807, 2.05) is 53.6 Å². The number of carbonyl (C=O) groups excluding carboxylic acids is 1. The van der Waals surface area contributed by atoms with Gasteiger partial charge in [0.15, 0.2) is 0 Å². The molecule has 1 aliphatic heterocycles. The van der Waals surface area contributed by atoms with E-state index < -0.39 is 10.0 Å². The number of aryl methyl sites for hydroxylation is 2. The molecule has 2 aromatic carbocycles. The summed E-state index contributed by atoms with van der Waals surface area (Å²) >= 11 is 0. The largest absolute Gasteiger partial charge is 0.367 e. The Labute approximate surface area is 201 Å². The lowest BCUT2D eigenvalue weighted by Crippen LogP contribution is -2.46. The Balaban J connectivity index is 1.50. The first-order valence-electron chi connectivity index (χ1n) is 11.6. The van der Waals surface area contributed by atoms with E-state index in [1.54, 1.807) is 18.2 Å². The molecule has 1 saturated heterocycles. The molecule has 0 radical (unpaired) electrons. The van der Waals surface area contributed by atoms with Crippen LogP contribution in [0.3, 0.4) is 0 Å². The maximum Gasteiger partial charge on any atom is 0.242 e. The number of sulfonamides is 1. The van der Waals surface area contributed by atoms with E-state index in [-0.39, 0.29) is 23.0 Å². The Hall–Kier alpha value is -2.75. The van der Waals surface area contributed by atoms with Crippen LogP contribution in [0.5, 0.6) is 0 Å². The van der Waals surface area contributed by atoms with Crippen LogP contribution >= 0.6 is 0 Å². The number of carbonyl (C=O) groups is 1. The van der Waals surface area contributed by atoms with Crippen LogP contribution in [0, 0.1) is 0 Å². The number of aromatic nitrogens is 2. The highest BCUT2D eigenvalue weighted by Gasteiger charge is 2.29. The number of morpholine rings is 1. The quantitative estimate of drug-likeness (QED) is 0.514. The van der Waals surface area contributed by atoms with Gasteiger partial charge in [0.25, 0.3) is 0 Å². The van der Waals surface area contributed by atoms with E-state index >= 15 is 0 Å². The van der Waals surface area contributed by atoms with Crippen molar-refractivity contribution in [3.63, 3.8) is 0 Å². The topological polar surface area (TPSA) is 84.7 Å². The van der Waals surface area contributed by atoms with Crippen molar-refractivity contribution in [1.82, 2.24) is 18.8 Å². The molecule has 0 spiro atoms. The number of hydrogen-bond acceptors (Lipinski definition) is 5. The van der Waals surface area contributed by atoms with E-state index in [0.717, 1.165) is 16.9 Å². The number of nitrogens with zero attached hydrogens (tertiary/aromatic N) is 4. The Kier molecular flexibility index (Phi) is 7.06. The van der Waals surface area contributed by atoms with Gasteiger partial charge in [-0.1, -0.05) is 30.3 Å². The monoisotopic (exact) mass is 484 g/mol. The summed E-state index contributed by atoms with van der Waals surface area (Å²) in [6, 6.07) is 15.0. The van der Waals surface area contributed by atoms with E-state index in [4.69, 9.17) is 9.72 Å². The molecule has 1 aromatic heterocycles. The molecular weight excluding hydrogens is 452 g/mol. The average Bonchev–Trinajstić information content (AvgIpc) is 3.19. The molecule has 0 N–H and O–H groups in total. The molecular formula is C25H32N4O4S. The van der Waals surface area contributed by atoms with Gasteiger partial charge in [0.2, 0.25) is 15.9 Å². The van der Waals surface area contributed by atoms with E-state index in [2.05, 4.69) is 0 Å². The minimum atomic E-state index is -3.54. The van der Waals surface area contributed by atoms with Crippen LogP contribution < -0.4 is 0 Å². The summed E-state index contributed by atoms with van der Waals surface area (Å²) in [6.07, 6.45) is 0.644. The van der Waals surface area contributed by atoms with E-state index in [9.17, 15) is 13.2 Å². The molecule has 8 nitrogen and oxygen atoms in total. The highest BCUT2D eigenvalue weighted by Crippen LogP contribution is 2.26. The summed E-state index contributed by atoms with van der Waals surface area (Å²) in [6.45, 7) is 5.79. The van der Waals surface area contributed by atoms with Crippen LogP contribution in [0.1, 0.15) is 37.8 Å². The lowest BCUT2D eigenvalue weighted by atomic mass is 10.1. The molecule has 0 bridgehead atoms.